The second kappa shape index (κ2) is 0.529. The van der Waals surface area contributed by atoms with Crippen molar-refractivity contribution < 1.29 is 8.42 Å². The Morgan fingerprint density at radius 2 is 1.80 bits per heavy atom. The number of sulfonamides is 1. The molecule has 1 fully saturated rings. The van der Waals surface area contributed by atoms with Crippen molar-refractivity contribution >= 4 is 10.0 Å². The quantitative estimate of drug-likeness (QED) is 0.385. The summed E-state index contributed by atoms with van der Waals surface area (Å²) < 4.78 is 21.4. The van der Waals surface area contributed by atoms with Crippen LogP contribution in [0.15, 0.2) is 0 Å². The molecule has 0 aliphatic carbocycles. The van der Waals surface area contributed by atoms with E-state index in [4.69, 9.17) is 0 Å². The van der Waals surface area contributed by atoms with Gasteiger partial charge in [0.1, 0.15) is 5.88 Å². The van der Waals surface area contributed by atoms with E-state index < -0.39 is 10.0 Å². The van der Waals surface area contributed by atoms with Crippen LogP contribution in [0, 0.1) is 0 Å². The van der Waals surface area contributed by atoms with Gasteiger partial charge in [-0.15, -0.1) is 0 Å². The molecule has 3 nitrogen and oxygen atoms in total. The molecule has 0 spiro atoms. The molecule has 0 unspecified atom stereocenters. The molecule has 0 radical (unpaired) electrons. The summed E-state index contributed by atoms with van der Waals surface area (Å²) in [6, 6.07) is 0. The fourth-order valence-corrected chi connectivity index (χ4v) is 0.433. The SMILES string of the molecule is O=S1(=O)CN1. The van der Waals surface area contributed by atoms with Gasteiger partial charge in [-0.2, -0.15) is 4.72 Å². The van der Waals surface area contributed by atoms with Gasteiger partial charge < -0.3 is 0 Å². The average molecular weight is 93.1 g/mol. The standard InChI is InChI=1S/CH3NO2S/c3-5(4)1-2-5/h2H,1H2. The summed E-state index contributed by atoms with van der Waals surface area (Å²) in [6.45, 7) is 0. The van der Waals surface area contributed by atoms with Gasteiger partial charge in [0.15, 0.2) is 0 Å². The summed E-state index contributed by atoms with van der Waals surface area (Å²) in [5.41, 5.74) is 0. The van der Waals surface area contributed by atoms with E-state index in [1.54, 1.807) is 0 Å². The fourth-order valence-electron chi connectivity index (χ4n) is 0.0481. The maximum absolute atomic E-state index is 9.63. The van der Waals surface area contributed by atoms with Gasteiger partial charge in [-0.1, -0.05) is 0 Å². The highest BCUT2D eigenvalue weighted by Gasteiger charge is 2.23. The molecule has 0 aromatic carbocycles. The Labute approximate surface area is 30.0 Å². The third-order valence-electron chi connectivity index (χ3n) is 0.380. The number of hydrogen-bond acceptors (Lipinski definition) is 2. The molecule has 5 heavy (non-hydrogen) atoms. The van der Waals surface area contributed by atoms with Gasteiger partial charge in [-0.25, -0.2) is 8.42 Å². The summed E-state index contributed by atoms with van der Waals surface area (Å²) in [5, 5.41) is 0. The van der Waals surface area contributed by atoms with Gasteiger partial charge in [0.2, 0.25) is 10.0 Å². The Balaban J connectivity index is 3.15. The first kappa shape index (κ1) is 3.11. The molecule has 0 atom stereocenters. The molecule has 30 valence electrons. The van der Waals surface area contributed by atoms with Gasteiger partial charge in [0, 0.05) is 0 Å². The van der Waals surface area contributed by atoms with E-state index in [0.717, 1.165) is 0 Å². The zero-order chi connectivity index (χ0) is 3.91. The van der Waals surface area contributed by atoms with Crippen LogP contribution in [0.1, 0.15) is 0 Å². The Kier molecular flexibility index (Phi) is 0.330. The normalized spacial score (nSPS) is 29.6. The van der Waals surface area contributed by atoms with Crippen LogP contribution in [-0.2, 0) is 10.0 Å². The largest absolute Gasteiger partial charge is 0.226 e. The van der Waals surface area contributed by atoms with Crippen LogP contribution < -0.4 is 4.72 Å². The minimum absolute atomic E-state index is 0.174. The van der Waals surface area contributed by atoms with Crippen LogP contribution in [0.2, 0.25) is 0 Å². The Morgan fingerprint density at radius 3 is 1.80 bits per heavy atom. The molecule has 1 N–H and O–H groups in total. The summed E-state index contributed by atoms with van der Waals surface area (Å²) in [4.78, 5) is 0. The number of rotatable bonds is 0. The minimum atomic E-state index is -2.67. The topological polar surface area (TPSA) is 56.1 Å². The number of nitrogens with one attached hydrogen (secondary N) is 1. The van der Waals surface area contributed by atoms with Gasteiger partial charge >= 0.3 is 0 Å². The van der Waals surface area contributed by atoms with Crippen LogP contribution in [0.4, 0.5) is 0 Å². The molecule has 1 aliphatic heterocycles. The first-order chi connectivity index (χ1) is 2.21. The van der Waals surface area contributed by atoms with Crippen molar-refractivity contribution in [3.63, 3.8) is 0 Å². The summed E-state index contributed by atoms with van der Waals surface area (Å²) >= 11 is 0. The van der Waals surface area contributed by atoms with E-state index >= 15 is 0 Å². The smallest absolute Gasteiger partial charge is 0.211 e. The van der Waals surface area contributed by atoms with Crippen LogP contribution in [0.25, 0.3) is 0 Å². The molecular formula is CH3NO2S. The third kappa shape index (κ3) is 0.592. The highest BCUT2D eigenvalue weighted by molar-refractivity contribution is 7.95. The molecule has 1 aliphatic rings. The first-order valence-electron chi connectivity index (χ1n) is 1.18. The van der Waals surface area contributed by atoms with E-state index in [9.17, 15) is 8.42 Å². The van der Waals surface area contributed by atoms with Gasteiger partial charge in [-0.05, 0) is 0 Å². The van der Waals surface area contributed by atoms with Crippen LogP contribution in [0.5, 0.6) is 0 Å². The monoisotopic (exact) mass is 93.0 g/mol. The van der Waals surface area contributed by atoms with Crippen LogP contribution in [-0.4, -0.2) is 14.3 Å². The Hall–Kier alpha value is -0.0900. The molecule has 0 bridgehead atoms. The van der Waals surface area contributed by atoms with Gasteiger partial charge in [-0.3, -0.25) is 0 Å². The fraction of sp³-hybridized carbons (Fsp3) is 1.00. The van der Waals surface area contributed by atoms with Crippen molar-refractivity contribution in [1.29, 1.82) is 0 Å². The summed E-state index contributed by atoms with van der Waals surface area (Å²) in [7, 11) is -2.67. The second-order valence-electron chi connectivity index (χ2n) is 0.903. The third-order valence-corrected chi connectivity index (χ3v) is 1.14. The summed E-state index contributed by atoms with van der Waals surface area (Å²) in [5.74, 6) is 0.174. The van der Waals surface area contributed by atoms with Crippen molar-refractivity contribution in [2.75, 3.05) is 5.88 Å². The molecule has 0 saturated carbocycles. The highest BCUT2D eigenvalue weighted by Crippen LogP contribution is 1.92. The minimum Gasteiger partial charge on any atom is -0.211 e. The predicted molar refractivity (Wildman–Crippen MR) is 16.9 cm³/mol. The lowest BCUT2D eigenvalue weighted by molar-refractivity contribution is 0.613. The van der Waals surface area contributed by atoms with Crippen molar-refractivity contribution in [3.8, 4) is 0 Å². The number of hydrogen-bond donors (Lipinski definition) is 1. The lowest BCUT2D eigenvalue weighted by atomic mass is 11.6. The van der Waals surface area contributed by atoms with Crippen molar-refractivity contribution in [3.05, 3.63) is 0 Å². The molecular weight excluding hydrogens is 90.1 g/mol. The van der Waals surface area contributed by atoms with Gasteiger partial charge in [0.05, 0.1) is 0 Å². The molecule has 1 rings (SSSR count). The lowest BCUT2D eigenvalue weighted by Crippen LogP contribution is -1.72. The highest BCUT2D eigenvalue weighted by atomic mass is 32.2. The molecule has 1 saturated heterocycles. The van der Waals surface area contributed by atoms with E-state index in [0.29, 0.717) is 0 Å². The maximum Gasteiger partial charge on any atom is 0.226 e. The van der Waals surface area contributed by atoms with E-state index in [1.807, 2.05) is 0 Å². The van der Waals surface area contributed by atoms with E-state index in [1.165, 1.54) is 0 Å². The molecule has 4 heteroatoms. The maximum atomic E-state index is 9.63. The molecule has 0 aromatic heterocycles. The zero-order valence-electron chi connectivity index (χ0n) is 2.43. The van der Waals surface area contributed by atoms with Crippen LogP contribution >= 0.6 is 0 Å². The second-order valence-corrected chi connectivity index (χ2v) is 2.71. The Morgan fingerprint density at radius 1 is 1.60 bits per heavy atom. The first-order valence-corrected chi connectivity index (χ1v) is 2.83. The molecule has 1 heterocycles. The Bertz CT molecular complexity index is 113. The van der Waals surface area contributed by atoms with Crippen molar-refractivity contribution in [2.24, 2.45) is 0 Å². The molecule has 0 amide bonds. The molecule has 0 aromatic rings. The predicted octanol–water partition coefficient (Wildman–Crippen LogP) is -1.12. The average Bonchev–Trinajstić information content (AvgIpc) is 1.76. The van der Waals surface area contributed by atoms with E-state index in [-0.39, 0.29) is 5.88 Å². The van der Waals surface area contributed by atoms with Crippen LogP contribution in [0.3, 0.4) is 0 Å². The van der Waals surface area contributed by atoms with Crippen molar-refractivity contribution in [1.82, 2.24) is 4.72 Å². The summed E-state index contributed by atoms with van der Waals surface area (Å²) in [6.07, 6.45) is 0. The zero-order valence-corrected chi connectivity index (χ0v) is 3.25. The lowest BCUT2D eigenvalue weighted by Gasteiger charge is -1.44. The van der Waals surface area contributed by atoms with Crippen molar-refractivity contribution in [2.45, 2.75) is 0 Å². The van der Waals surface area contributed by atoms with E-state index in [2.05, 4.69) is 4.72 Å². The van der Waals surface area contributed by atoms with Gasteiger partial charge in [0.25, 0.3) is 0 Å².